The van der Waals surface area contributed by atoms with Gasteiger partial charge in [0.15, 0.2) is 0 Å². The number of ether oxygens (including phenoxy) is 1. The molecule has 2 heterocycles. The summed E-state index contributed by atoms with van der Waals surface area (Å²) in [5.74, 6) is 0.417. The van der Waals surface area contributed by atoms with Crippen molar-refractivity contribution in [1.82, 2.24) is 10.3 Å². The summed E-state index contributed by atoms with van der Waals surface area (Å²) in [6.07, 6.45) is 2.77. The Morgan fingerprint density at radius 2 is 2.17 bits per heavy atom. The zero-order valence-corrected chi connectivity index (χ0v) is 13.5. The molecule has 0 fully saturated rings. The van der Waals surface area contributed by atoms with E-state index in [0.29, 0.717) is 37.4 Å². The molecule has 1 aliphatic heterocycles. The maximum Gasteiger partial charge on any atom is 0.251 e. The molecule has 2 amide bonds. The molecule has 0 aliphatic carbocycles. The van der Waals surface area contributed by atoms with Gasteiger partial charge >= 0.3 is 0 Å². The average Bonchev–Trinajstić information content (AvgIpc) is 2.60. The smallest absolute Gasteiger partial charge is 0.251 e. The summed E-state index contributed by atoms with van der Waals surface area (Å²) in [7, 11) is 0. The molecular formula is C18H19N3O3. The van der Waals surface area contributed by atoms with E-state index in [-0.39, 0.29) is 11.8 Å². The van der Waals surface area contributed by atoms with Crippen molar-refractivity contribution in [2.24, 2.45) is 0 Å². The summed E-state index contributed by atoms with van der Waals surface area (Å²) in [5.41, 5.74) is 3.29. The number of aryl methyl sites for hydroxylation is 1. The molecule has 2 aromatic rings. The molecule has 1 aromatic heterocycles. The number of fused-ring (bicyclic) bond motifs is 1. The Morgan fingerprint density at radius 1 is 1.29 bits per heavy atom. The van der Waals surface area contributed by atoms with E-state index in [1.54, 1.807) is 18.3 Å². The summed E-state index contributed by atoms with van der Waals surface area (Å²) in [6.45, 7) is 2.85. The molecule has 3 rings (SSSR count). The molecule has 1 aromatic carbocycles. The number of benzene rings is 1. The number of nitrogens with one attached hydrogen (secondary N) is 2. The van der Waals surface area contributed by atoms with Crippen LogP contribution in [0.4, 0.5) is 5.69 Å². The van der Waals surface area contributed by atoms with Crippen LogP contribution in [0.1, 0.15) is 34.8 Å². The molecule has 0 saturated carbocycles. The van der Waals surface area contributed by atoms with Crippen molar-refractivity contribution < 1.29 is 14.3 Å². The van der Waals surface area contributed by atoms with Crippen LogP contribution in [0.25, 0.3) is 0 Å². The van der Waals surface area contributed by atoms with E-state index in [1.165, 1.54) is 0 Å². The third-order valence-electron chi connectivity index (χ3n) is 3.81. The molecule has 0 saturated heterocycles. The van der Waals surface area contributed by atoms with Gasteiger partial charge in [0.25, 0.3) is 5.91 Å². The van der Waals surface area contributed by atoms with Crippen LogP contribution in [0.15, 0.2) is 36.5 Å². The number of amides is 2. The first-order valence-electron chi connectivity index (χ1n) is 7.94. The van der Waals surface area contributed by atoms with Gasteiger partial charge < -0.3 is 15.4 Å². The Labute approximate surface area is 140 Å². The SMILES string of the molecule is CCOc1cc(CNC(=O)c2ccc3c(c2)CCC(=O)N3)ccn1. The fraction of sp³-hybridized carbons (Fsp3) is 0.278. The first-order valence-corrected chi connectivity index (χ1v) is 7.94. The lowest BCUT2D eigenvalue weighted by Gasteiger charge is -2.17. The van der Waals surface area contributed by atoms with E-state index >= 15 is 0 Å². The van der Waals surface area contributed by atoms with Gasteiger partial charge in [-0.05, 0) is 48.7 Å². The third-order valence-corrected chi connectivity index (χ3v) is 3.81. The van der Waals surface area contributed by atoms with Gasteiger partial charge in [-0.25, -0.2) is 4.98 Å². The number of rotatable bonds is 5. The first-order chi connectivity index (χ1) is 11.7. The Hall–Kier alpha value is -2.89. The number of pyridine rings is 1. The van der Waals surface area contributed by atoms with Gasteiger partial charge in [0.05, 0.1) is 6.61 Å². The van der Waals surface area contributed by atoms with Crippen LogP contribution in [0.2, 0.25) is 0 Å². The molecule has 6 nitrogen and oxygen atoms in total. The van der Waals surface area contributed by atoms with Crippen molar-refractivity contribution in [2.75, 3.05) is 11.9 Å². The van der Waals surface area contributed by atoms with Gasteiger partial charge in [-0.3, -0.25) is 9.59 Å². The van der Waals surface area contributed by atoms with Crippen molar-refractivity contribution in [3.8, 4) is 5.88 Å². The van der Waals surface area contributed by atoms with Gasteiger partial charge in [-0.15, -0.1) is 0 Å². The maximum absolute atomic E-state index is 12.3. The summed E-state index contributed by atoms with van der Waals surface area (Å²) in [4.78, 5) is 27.8. The summed E-state index contributed by atoms with van der Waals surface area (Å²) < 4.78 is 5.35. The van der Waals surface area contributed by atoms with Crippen LogP contribution in [-0.2, 0) is 17.8 Å². The second-order valence-electron chi connectivity index (χ2n) is 5.54. The van der Waals surface area contributed by atoms with Gasteiger partial charge in [-0.1, -0.05) is 0 Å². The lowest BCUT2D eigenvalue weighted by molar-refractivity contribution is -0.116. The van der Waals surface area contributed by atoms with E-state index in [2.05, 4.69) is 15.6 Å². The Bertz CT molecular complexity index is 774. The quantitative estimate of drug-likeness (QED) is 0.884. The highest BCUT2D eigenvalue weighted by atomic mass is 16.5. The van der Waals surface area contributed by atoms with Crippen LogP contribution < -0.4 is 15.4 Å². The summed E-state index contributed by atoms with van der Waals surface area (Å²) in [6, 6.07) is 8.98. The van der Waals surface area contributed by atoms with Crippen molar-refractivity contribution in [1.29, 1.82) is 0 Å². The number of hydrogen-bond acceptors (Lipinski definition) is 4. The molecule has 0 atom stereocenters. The minimum absolute atomic E-state index is 0.0162. The number of carbonyl (C=O) groups excluding carboxylic acids is 2. The van der Waals surface area contributed by atoms with Crippen LogP contribution in [-0.4, -0.2) is 23.4 Å². The number of hydrogen-bond donors (Lipinski definition) is 2. The van der Waals surface area contributed by atoms with Crippen LogP contribution in [0.5, 0.6) is 5.88 Å². The molecule has 0 unspecified atom stereocenters. The Balaban J connectivity index is 1.65. The third kappa shape index (κ3) is 3.71. The highest BCUT2D eigenvalue weighted by Gasteiger charge is 2.16. The van der Waals surface area contributed by atoms with Gasteiger partial charge in [0, 0.05) is 36.5 Å². The standard InChI is InChI=1S/C18H19N3O3/c1-2-24-17-9-12(7-8-19-17)11-20-18(23)14-3-5-15-13(10-14)4-6-16(22)21-15/h3,5,7-10H,2,4,6,11H2,1H3,(H,20,23)(H,21,22). The lowest BCUT2D eigenvalue weighted by Crippen LogP contribution is -2.24. The highest BCUT2D eigenvalue weighted by molar-refractivity contribution is 5.97. The zero-order chi connectivity index (χ0) is 16.9. The minimum atomic E-state index is -0.149. The van der Waals surface area contributed by atoms with Gasteiger partial charge in [0.2, 0.25) is 11.8 Å². The van der Waals surface area contributed by atoms with Crippen LogP contribution >= 0.6 is 0 Å². The number of nitrogens with zero attached hydrogens (tertiary/aromatic N) is 1. The highest BCUT2D eigenvalue weighted by Crippen LogP contribution is 2.23. The topological polar surface area (TPSA) is 80.3 Å². The number of aromatic nitrogens is 1. The average molecular weight is 325 g/mol. The zero-order valence-electron chi connectivity index (χ0n) is 13.5. The number of carbonyl (C=O) groups is 2. The fourth-order valence-corrected chi connectivity index (χ4v) is 2.60. The predicted octanol–water partition coefficient (Wildman–Crippen LogP) is 2.29. The Morgan fingerprint density at radius 3 is 3.00 bits per heavy atom. The normalized spacial score (nSPS) is 13.0. The second-order valence-corrected chi connectivity index (χ2v) is 5.54. The van der Waals surface area contributed by atoms with Gasteiger partial charge in [-0.2, -0.15) is 0 Å². The molecule has 124 valence electrons. The first kappa shape index (κ1) is 16.0. The summed E-state index contributed by atoms with van der Waals surface area (Å²) in [5, 5.41) is 5.70. The summed E-state index contributed by atoms with van der Waals surface area (Å²) >= 11 is 0. The molecule has 6 heteroatoms. The Kier molecular flexibility index (Phi) is 4.74. The van der Waals surface area contributed by atoms with Crippen molar-refractivity contribution >= 4 is 17.5 Å². The molecule has 1 aliphatic rings. The molecule has 24 heavy (non-hydrogen) atoms. The molecular weight excluding hydrogens is 306 g/mol. The van der Waals surface area contributed by atoms with Crippen molar-refractivity contribution in [3.05, 3.63) is 53.2 Å². The monoisotopic (exact) mass is 325 g/mol. The largest absolute Gasteiger partial charge is 0.478 e. The maximum atomic E-state index is 12.3. The van der Waals surface area contributed by atoms with Crippen molar-refractivity contribution in [2.45, 2.75) is 26.3 Å². The predicted molar refractivity (Wildman–Crippen MR) is 90.0 cm³/mol. The molecule has 0 radical (unpaired) electrons. The van der Waals surface area contributed by atoms with Crippen molar-refractivity contribution in [3.63, 3.8) is 0 Å². The van der Waals surface area contributed by atoms with Crippen LogP contribution in [0.3, 0.4) is 0 Å². The second kappa shape index (κ2) is 7.12. The fourth-order valence-electron chi connectivity index (χ4n) is 2.60. The van der Waals surface area contributed by atoms with Crippen LogP contribution in [0, 0.1) is 0 Å². The molecule has 0 bridgehead atoms. The minimum Gasteiger partial charge on any atom is -0.478 e. The van der Waals surface area contributed by atoms with E-state index < -0.39 is 0 Å². The van der Waals surface area contributed by atoms with E-state index in [1.807, 2.05) is 25.1 Å². The van der Waals surface area contributed by atoms with E-state index in [4.69, 9.17) is 4.74 Å². The molecule has 0 spiro atoms. The van der Waals surface area contributed by atoms with E-state index in [0.717, 1.165) is 16.8 Å². The van der Waals surface area contributed by atoms with E-state index in [9.17, 15) is 9.59 Å². The van der Waals surface area contributed by atoms with Gasteiger partial charge in [0.1, 0.15) is 0 Å². The number of anilines is 1. The molecule has 2 N–H and O–H groups in total. The lowest BCUT2D eigenvalue weighted by atomic mass is 10.00.